The van der Waals surface area contributed by atoms with Crippen molar-refractivity contribution in [1.29, 1.82) is 0 Å². The number of aliphatic carboxylic acids is 4. The Morgan fingerprint density at radius 3 is 1.66 bits per heavy atom. The fraction of sp³-hybridized carbons (Fsp3) is 0.810. The van der Waals surface area contributed by atoms with Crippen LogP contribution >= 0.6 is 0 Å². The van der Waals surface area contributed by atoms with Crippen LogP contribution in [-0.4, -0.2) is 44.3 Å². The maximum absolute atomic E-state index is 12.8. The smallest absolute Gasteiger partial charge is 0.311 e. The first kappa shape index (κ1) is 23.2. The SMILES string of the molecule is CC(C)CC1(C(=O)O)C2CC(C(=O)O)C(C(=O)O)CC2(C)C1(CC(C)C)C(=O)O. The van der Waals surface area contributed by atoms with E-state index in [1.165, 1.54) is 0 Å². The van der Waals surface area contributed by atoms with Crippen LogP contribution in [0.4, 0.5) is 0 Å². The van der Waals surface area contributed by atoms with Crippen LogP contribution in [-0.2, 0) is 19.2 Å². The number of carboxylic acid groups (broad SMARTS) is 4. The van der Waals surface area contributed by atoms with Gasteiger partial charge in [0.25, 0.3) is 0 Å². The van der Waals surface area contributed by atoms with Crippen molar-refractivity contribution in [3.63, 3.8) is 0 Å². The minimum absolute atomic E-state index is 0.0957. The van der Waals surface area contributed by atoms with E-state index in [0.29, 0.717) is 0 Å². The number of carbonyl (C=O) groups is 4. The van der Waals surface area contributed by atoms with Crippen LogP contribution in [0.3, 0.4) is 0 Å². The monoisotopic (exact) mass is 412 g/mol. The summed E-state index contributed by atoms with van der Waals surface area (Å²) in [5.41, 5.74) is -4.42. The lowest BCUT2D eigenvalue weighted by atomic mass is 9.25. The molecule has 29 heavy (non-hydrogen) atoms. The van der Waals surface area contributed by atoms with Crippen LogP contribution in [0, 0.1) is 45.8 Å². The highest BCUT2D eigenvalue weighted by Gasteiger charge is 2.85. The molecule has 8 nitrogen and oxygen atoms in total. The van der Waals surface area contributed by atoms with Gasteiger partial charge in [0.15, 0.2) is 0 Å². The molecule has 0 amide bonds. The normalized spacial score (nSPS) is 38.9. The summed E-state index contributed by atoms with van der Waals surface area (Å²) in [7, 11) is 0. The van der Waals surface area contributed by atoms with Gasteiger partial charge in [0.1, 0.15) is 0 Å². The Balaban J connectivity index is 2.78. The molecule has 0 saturated heterocycles. The number of carboxylic acids is 4. The Morgan fingerprint density at radius 2 is 1.31 bits per heavy atom. The maximum Gasteiger partial charge on any atom is 0.311 e. The molecule has 6 atom stereocenters. The zero-order chi connectivity index (χ0) is 22.5. The number of hydrogen-bond acceptors (Lipinski definition) is 4. The lowest BCUT2D eigenvalue weighted by molar-refractivity contribution is -0.300. The number of fused-ring (bicyclic) bond motifs is 1. The van der Waals surface area contributed by atoms with E-state index in [-0.39, 0.29) is 37.5 Å². The molecule has 0 aromatic heterocycles. The highest BCUT2D eigenvalue weighted by molar-refractivity contribution is 5.92. The van der Waals surface area contributed by atoms with Crippen molar-refractivity contribution in [3.05, 3.63) is 0 Å². The molecule has 0 radical (unpaired) electrons. The molecular weight excluding hydrogens is 380 g/mol. The molecule has 4 N–H and O–H groups in total. The molecule has 2 aliphatic rings. The second-order valence-corrected chi connectivity index (χ2v) is 9.98. The van der Waals surface area contributed by atoms with Crippen LogP contribution in [0.25, 0.3) is 0 Å². The average molecular weight is 412 g/mol. The first-order chi connectivity index (χ1) is 13.2. The molecule has 2 fully saturated rings. The van der Waals surface area contributed by atoms with Crippen LogP contribution in [0.1, 0.15) is 60.3 Å². The topological polar surface area (TPSA) is 149 Å². The molecule has 0 bridgehead atoms. The van der Waals surface area contributed by atoms with Gasteiger partial charge in [0.05, 0.1) is 22.7 Å². The second-order valence-electron chi connectivity index (χ2n) is 9.98. The number of rotatable bonds is 8. The highest BCUT2D eigenvalue weighted by Crippen LogP contribution is 2.80. The van der Waals surface area contributed by atoms with E-state index in [4.69, 9.17) is 0 Å². The molecule has 2 aliphatic carbocycles. The molecule has 0 heterocycles. The molecule has 2 saturated carbocycles. The molecule has 6 unspecified atom stereocenters. The van der Waals surface area contributed by atoms with Gasteiger partial charge in [0.2, 0.25) is 0 Å². The molecule has 8 heteroatoms. The summed E-state index contributed by atoms with van der Waals surface area (Å²) in [5.74, 6) is -8.47. The first-order valence-electron chi connectivity index (χ1n) is 10.1. The van der Waals surface area contributed by atoms with Gasteiger partial charge in [0, 0.05) is 0 Å². The molecule has 164 valence electrons. The lowest BCUT2D eigenvalue weighted by Gasteiger charge is -2.74. The summed E-state index contributed by atoms with van der Waals surface area (Å²) in [6.07, 6.45) is -0.102. The van der Waals surface area contributed by atoms with Crippen LogP contribution < -0.4 is 0 Å². The van der Waals surface area contributed by atoms with Gasteiger partial charge in [-0.1, -0.05) is 34.6 Å². The van der Waals surface area contributed by atoms with Gasteiger partial charge in [-0.2, -0.15) is 0 Å². The van der Waals surface area contributed by atoms with Crippen molar-refractivity contribution >= 4 is 23.9 Å². The van der Waals surface area contributed by atoms with Crippen molar-refractivity contribution < 1.29 is 39.6 Å². The summed E-state index contributed by atoms with van der Waals surface area (Å²) in [4.78, 5) is 49.1. The Kier molecular flexibility index (Phi) is 5.82. The molecular formula is C21H32O8. The maximum atomic E-state index is 12.8. The van der Waals surface area contributed by atoms with Crippen LogP contribution in [0.2, 0.25) is 0 Å². The van der Waals surface area contributed by atoms with Crippen molar-refractivity contribution in [2.75, 3.05) is 0 Å². The predicted molar refractivity (Wildman–Crippen MR) is 102 cm³/mol. The van der Waals surface area contributed by atoms with E-state index in [2.05, 4.69) is 0 Å². The third-order valence-corrected chi connectivity index (χ3v) is 7.55. The Labute approximate surface area is 170 Å². The Morgan fingerprint density at radius 1 is 0.828 bits per heavy atom. The minimum atomic E-state index is -1.66. The van der Waals surface area contributed by atoms with Crippen molar-refractivity contribution in [2.45, 2.75) is 60.3 Å². The van der Waals surface area contributed by atoms with E-state index in [0.717, 1.165) is 0 Å². The fourth-order valence-electron chi connectivity index (χ4n) is 6.83. The zero-order valence-electron chi connectivity index (χ0n) is 17.6. The molecule has 0 aliphatic heterocycles. The van der Waals surface area contributed by atoms with E-state index < -0.39 is 57.9 Å². The number of hydrogen-bond donors (Lipinski definition) is 4. The van der Waals surface area contributed by atoms with Gasteiger partial charge in [-0.3, -0.25) is 19.2 Å². The van der Waals surface area contributed by atoms with E-state index in [1.807, 2.05) is 27.7 Å². The minimum Gasteiger partial charge on any atom is -0.481 e. The summed E-state index contributed by atoms with van der Waals surface area (Å²) in [6.45, 7) is 8.94. The average Bonchev–Trinajstić information content (AvgIpc) is 2.55. The second kappa shape index (κ2) is 7.29. The first-order valence-corrected chi connectivity index (χ1v) is 10.1. The van der Waals surface area contributed by atoms with Gasteiger partial charge in [-0.05, 0) is 48.9 Å². The fourth-order valence-corrected chi connectivity index (χ4v) is 6.83. The highest BCUT2D eigenvalue weighted by atomic mass is 16.4. The largest absolute Gasteiger partial charge is 0.481 e. The van der Waals surface area contributed by atoms with Crippen LogP contribution in [0.15, 0.2) is 0 Å². The summed E-state index contributed by atoms with van der Waals surface area (Å²) >= 11 is 0. The third-order valence-electron chi connectivity index (χ3n) is 7.55. The summed E-state index contributed by atoms with van der Waals surface area (Å²) in [6, 6.07) is 0. The van der Waals surface area contributed by atoms with Gasteiger partial charge >= 0.3 is 23.9 Å². The van der Waals surface area contributed by atoms with E-state index >= 15 is 0 Å². The molecule has 0 aromatic carbocycles. The Bertz CT molecular complexity index is 728. The molecule has 0 spiro atoms. The molecule has 2 rings (SSSR count). The van der Waals surface area contributed by atoms with Gasteiger partial charge in [-0.25, -0.2) is 0 Å². The summed E-state index contributed by atoms with van der Waals surface area (Å²) < 4.78 is 0. The van der Waals surface area contributed by atoms with Crippen LogP contribution in [0.5, 0.6) is 0 Å². The van der Waals surface area contributed by atoms with Crippen molar-refractivity contribution in [1.82, 2.24) is 0 Å². The van der Waals surface area contributed by atoms with Gasteiger partial charge < -0.3 is 20.4 Å². The van der Waals surface area contributed by atoms with Gasteiger partial charge in [-0.15, -0.1) is 0 Å². The Hall–Kier alpha value is -2.12. The predicted octanol–water partition coefficient (Wildman–Crippen LogP) is 3.05. The quantitative estimate of drug-likeness (QED) is 0.475. The van der Waals surface area contributed by atoms with E-state index in [9.17, 15) is 39.6 Å². The lowest BCUT2D eigenvalue weighted by Crippen LogP contribution is -2.79. The van der Waals surface area contributed by atoms with Crippen molar-refractivity contribution in [2.24, 2.45) is 45.8 Å². The third kappa shape index (κ3) is 2.94. The standard InChI is InChI=1S/C21H32O8/c1-10(2)7-20(17(26)27)14-6-12(15(22)23)13(16(24)25)9-19(14,5)21(20,18(28)29)8-11(3)4/h10-14H,6-9H2,1-5H3,(H,22,23)(H,24,25)(H,26,27)(H,28,29). The zero-order valence-corrected chi connectivity index (χ0v) is 17.6. The van der Waals surface area contributed by atoms with Crippen molar-refractivity contribution in [3.8, 4) is 0 Å². The summed E-state index contributed by atoms with van der Waals surface area (Å²) in [5, 5.41) is 40.0. The molecule has 0 aromatic rings. The van der Waals surface area contributed by atoms with E-state index in [1.54, 1.807) is 6.92 Å².